The summed E-state index contributed by atoms with van der Waals surface area (Å²) in [5.74, 6) is 0.631. The Morgan fingerprint density at radius 2 is 2.14 bits per heavy atom. The fourth-order valence-electron chi connectivity index (χ4n) is 1.89. The average molecular weight is 357 g/mol. The molecule has 2 atom stereocenters. The van der Waals surface area contributed by atoms with E-state index in [-0.39, 0.29) is 11.9 Å². The quantitative estimate of drug-likeness (QED) is 0.752. The standard InChI is InChI=1S/C16H25BrN2O2/c1-4-8-19-16(20)11(3)21-15-7-6-13(17)9-12(15)10-14(18)5-2/h6-7,9,11,14H,4-5,8,10,18H2,1-3H3,(H,19,20). The maximum absolute atomic E-state index is 11.9. The van der Waals surface area contributed by atoms with Crippen molar-refractivity contribution in [3.63, 3.8) is 0 Å². The van der Waals surface area contributed by atoms with Crippen molar-refractivity contribution in [2.45, 2.75) is 52.2 Å². The van der Waals surface area contributed by atoms with E-state index < -0.39 is 6.10 Å². The minimum Gasteiger partial charge on any atom is -0.481 e. The van der Waals surface area contributed by atoms with Crippen molar-refractivity contribution >= 4 is 21.8 Å². The third-order valence-corrected chi connectivity index (χ3v) is 3.74. The molecule has 0 aliphatic heterocycles. The molecule has 0 aromatic heterocycles. The molecule has 0 saturated carbocycles. The molecule has 2 unspecified atom stereocenters. The van der Waals surface area contributed by atoms with Gasteiger partial charge in [-0.25, -0.2) is 0 Å². The summed E-state index contributed by atoms with van der Waals surface area (Å²) in [7, 11) is 0. The van der Waals surface area contributed by atoms with Crippen molar-refractivity contribution in [3.8, 4) is 5.75 Å². The van der Waals surface area contributed by atoms with Crippen LogP contribution in [0.15, 0.2) is 22.7 Å². The first kappa shape index (κ1) is 18.0. The monoisotopic (exact) mass is 356 g/mol. The van der Waals surface area contributed by atoms with E-state index >= 15 is 0 Å². The molecule has 5 heteroatoms. The number of amides is 1. The molecular weight excluding hydrogens is 332 g/mol. The fourth-order valence-corrected chi connectivity index (χ4v) is 2.29. The smallest absolute Gasteiger partial charge is 0.260 e. The zero-order chi connectivity index (χ0) is 15.8. The van der Waals surface area contributed by atoms with Crippen LogP contribution in [0.1, 0.15) is 39.2 Å². The normalized spacial score (nSPS) is 13.6. The summed E-state index contributed by atoms with van der Waals surface area (Å²) < 4.78 is 6.80. The minimum absolute atomic E-state index is 0.0888. The summed E-state index contributed by atoms with van der Waals surface area (Å²) in [6.07, 6.45) is 2.02. The van der Waals surface area contributed by atoms with E-state index in [1.807, 2.05) is 25.1 Å². The molecule has 1 amide bonds. The lowest BCUT2D eigenvalue weighted by atomic mass is 10.0. The van der Waals surface area contributed by atoms with Gasteiger partial charge in [0.15, 0.2) is 6.10 Å². The second kappa shape index (κ2) is 9.05. The maximum atomic E-state index is 11.9. The number of carbonyl (C=O) groups excluding carboxylic acids is 1. The van der Waals surface area contributed by atoms with E-state index in [2.05, 4.69) is 28.2 Å². The lowest BCUT2D eigenvalue weighted by Crippen LogP contribution is -2.36. The SMILES string of the molecule is CCCNC(=O)C(C)Oc1ccc(Br)cc1CC(N)CC. The first-order valence-corrected chi connectivity index (χ1v) is 8.25. The van der Waals surface area contributed by atoms with Crippen molar-refractivity contribution in [1.29, 1.82) is 0 Å². The average Bonchev–Trinajstić information content (AvgIpc) is 2.47. The zero-order valence-corrected chi connectivity index (χ0v) is 14.6. The van der Waals surface area contributed by atoms with Crippen LogP contribution in [0, 0.1) is 0 Å². The van der Waals surface area contributed by atoms with Gasteiger partial charge >= 0.3 is 0 Å². The topological polar surface area (TPSA) is 64.3 Å². The molecule has 1 rings (SSSR count). The Hall–Kier alpha value is -1.07. The van der Waals surface area contributed by atoms with Crippen molar-refractivity contribution in [3.05, 3.63) is 28.2 Å². The highest BCUT2D eigenvalue weighted by Crippen LogP contribution is 2.25. The largest absolute Gasteiger partial charge is 0.481 e. The van der Waals surface area contributed by atoms with E-state index in [1.165, 1.54) is 0 Å². The fraction of sp³-hybridized carbons (Fsp3) is 0.562. The Labute approximate surface area is 135 Å². The second-order valence-corrected chi connectivity index (χ2v) is 6.09. The van der Waals surface area contributed by atoms with Gasteiger partial charge in [0.25, 0.3) is 5.91 Å². The van der Waals surface area contributed by atoms with Gasteiger partial charge in [-0.2, -0.15) is 0 Å². The van der Waals surface area contributed by atoms with Gasteiger partial charge in [0.2, 0.25) is 0 Å². The number of nitrogens with two attached hydrogens (primary N) is 1. The van der Waals surface area contributed by atoms with Crippen LogP contribution in [0.25, 0.3) is 0 Å². The Kier molecular flexibility index (Phi) is 7.75. The number of halogens is 1. The zero-order valence-electron chi connectivity index (χ0n) is 13.0. The van der Waals surface area contributed by atoms with Crippen LogP contribution in [0.5, 0.6) is 5.75 Å². The number of carbonyl (C=O) groups is 1. The molecule has 0 radical (unpaired) electrons. The van der Waals surface area contributed by atoms with Gasteiger partial charge in [-0.05, 0) is 49.9 Å². The summed E-state index contributed by atoms with van der Waals surface area (Å²) in [5.41, 5.74) is 7.05. The predicted octanol–water partition coefficient (Wildman–Crippen LogP) is 3.02. The van der Waals surface area contributed by atoms with Crippen LogP contribution in [0.2, 0.25) is 0 Å². The van der Waals surface area contributed by atoms with Gasteiger partial charge in [0.05, 0.1) is 0 Å². The summed E-state index contributed by atoms with van der Waals surface area (Å²) >= 11 is 3.46. The summed E-state index contributed by atoms with van der Waals surface area (Å²) in [6.45, 7) is 6.51. The lowest BCUT2D eigenvalue weighted by Gasteiger charge is -2.19. The molecule has 0 bridgehead atoms. The first-order valence-electron chi connectivity index (χ1n) is 7.46. The third-order valence-electron chi connectivity index (χ3n) is 3.25. The van der Waals surface area contributed by atoms with Crippen LogP contribution < -0.4 is 15.8 Å². The molecule has 1 aromatic rings. The van der Waals surface area contributed by atoms with Crippen LogP contribution in [0.3, 0.4) is 0 Å². The van der Waals surface area contributed by atoms with Gasteiger partial charge in [-0.3, -0.25) is 4.79 Å². The first-order chi connectivity index (χ1) is 9.97. The number of benzene rings is 1. The molecule has 0 heterocycles. The molecule has 0 spiro atoms. The lowest BCUT2D eigenvalue weighted by molar-refractivity contribution is -0.127. The van der Waals surface area contributed by atoms with Gasteiger partial charge in [-0.15, -0.1) is 0 Å². The van der Waals surface area contributed by atoms with Crippen molar-refractivity contribution in [2.24, 2.45) is 5.73 Å². The molecule has 3 N–H and O–H groups in total. The van der Waals surface area contributed by atoms with Crippen molar-refractivity contribution in [1.82, 2.24) is 5.32 Å². The number of rotatable bonds is 8. The van der Waals surface area contributed by atoms with E-state index in [4.69, 9.17) is 10.5 Å². The molecule has 0 fully saturated rings. The summed E-state index contributed by atoms with van der Waals surface area (Å²) in [5, 5.41) is 2.84. The highest BCUT2D eigenvalue weighted by atomic mass is 79.9. The number of ether oxygens (including phenoxy) is 1. The molecule has 21 heavy (non-hydrogen) atoms. The summed E-state index contributed by atoms with van der Waals surface area (Å²) in [6, 6.07) is 5.88. The summed E-state index contributed by atoms with van der Waals surface area (Å²) in [4.78, 5) is 11.9. The van der Waals surface area contributed by atoms with E-state index in [1.54, 1.807) is 6.92 Å². The molecule has 4 nitrogen and oxygen atoms in total. The van der Waals surface area contributed by atoms with E-state index in [0.717, 1.165) is 35.0 Å². The van der Waals surface area contributed by atoms with E-state index in [9.17, 15) is 4.79 Å². The maximum Gasteiger partial charge on any atom is 0.260 e. The molecule has 0 aliphatic carbocycles. The Morgan fingerprint density at radius 1 is 1.43 bits per heavy atom. The van der Waals surface area contributed by atoms with Crippen molar-refractivity contribution in [2.75, 3.05) is 6.54 Å². The Bertz CT molecular complexity index is 466. The minimum atomic E-state index is -0.519. The molecule has 0 saturated heterocycles. The molecular formula is C16H25BrN2O2. The second-order valence-electron chi connectivity index (χ2n) is 5.18. The number of nitrogens with one attached hydrogen (secondary N) is 1. The number of hydrogen-bond donors (Lipinski definition) is 2. The highest BCUT2D eigenvalue weighted by molar-refractivity contribution is 9.10. The predicted molar refractivity (Wildman–Crippen MR) is 89.5 cm³/mol. The Balaban J connectivity index is 2.79. The van der Waals surface area contributed by atoms with Gasteiger partial charge in [-0.1, -0.05) is 29.8 Å². The highest BCUT2D eigenvalue weighted by Gasteiger charge is 2.16. The molecule has 0 aliphatic rings. The van der Waals surface area contributed by atoms with Gasteiger partial charge in [0.1, 0.15) is 5.75 Å². The van der Waals surface area contributed by atoms with Crippen LogP contribution in [-0.2, 0) is 11.2 Å². The van der Waals surface area contributed by atoms with Crippen LogP contribution >= 0.6 is 15.9 Å². The van der Waals surface area contributed by atoms with Crippen molar-refractivity contribution < 1.29 is 9.53 Å². The number of hydrogen-bond acceptors (Lipinski definition) is 3. The van der Waals surface area contributed by atoms with Crippen LogP contribution in [-0.4, -0.2) is 24.6 Å². The van der Waals surface area contributed by atoms with E-state index in [0.29, 0.717) is 6.54 Å². The third kappa shape index (κ3) is 6.06. The molecule has 118 valence electrons. The van der Waals surface area contributed by atoms with Gasteiger partial charge < -0.3 is 15.8 Å². The molecule has 1 aromatic carbocycles. The van der Waals surface area contributed by atoms with Crippen LogP contribution in [0.4, 0.5) is 0 Å². The Morgan fingerprint density at radius 3 is 2.76 bits per heavy atom. The van der Waals surface area contributed by atoms with Gasteiger partial charge in [0, 0.05) is 17.1 Å².